The maximum absolute atomic E-state index is 5.35. The Labute approximate surface area is 129 Å². The molecule has 0 aromatic carbocycles. The zero-order chi connectivity index (χ0) is 15.2. The maximum atomic E-state index is 5.35. The van der Waals surface area contributed by atoms with Gasteiger partial charge in [-0.05, 0) is 11.6 Å². The molecule has 0 atom stereocenters. The van der Waals surface area contributed by atoms with E-state index in [-0.39, 0.29) is 0 Å². The Balaban J connectivity index is 1.58. The quantitative estimate of drug-likeness (QED) is 0.893. The first kappa shape index (κ1) is 14.5. The van der Waals surface area contributed by atoms with E-state index in [1.807, 2.05) is 12.3 Å². The van der Waals surface area contributed by atoms with Crippen molar-refractivity contribution in [1.29, 1.82) is 0 Å². The molecule has 7 nitrogen and oxygen atoms in total. The van der Waals surface area contributed by atoms with Crippen LogP contribution in [-0.4, -0.2) is 48.4 Å². The van der Waals surface area contributed by atoms with Gasteiger partial charge in [-0.15, -0.1) is 0 Å². The van der Waals surface area contributed by atoms with Crippen molar-refractivity contribution in [2.45, 2.75) is 6.54 Å². The molecule has 1 fully saturated rings. The van der Waals surface area contributed by atoms with Gasteiger partial charge in [-0.3, -0.25) is 0 Å². The summed E-state index contributed by atoms with van der Waals surface area (Å²) in [6, 6.07) is 5.81. The maximum Gasteiger partial charge on any atom is 0.226 e. The lowest BCUT2D eigenvalue weighted by atomic mass is 10.2. The van der Waals surface area contributed by atoms with Crippen molar-refractivity contribution in [2.75, 3.05) is 43.6 Å². The third-order valence-electron chi connectivity index (χ3n) is 3.43. The van der Waals surface area contributed by atoms with Crippen LogP contribution in [0.25, 0.3) is 0 Å². The molecular weight excluding hydrogens is 282 g/mol. The standard InChI is InChI=1S/C15H19N5O2/c1-21-14-4-5-16-15(19-14)18-11-12-2-3-13(17-10-12)20-6-8-22-9-7-20/h2-5,10H,6-9,11H2,1H3,(H,16,18,19). The summed E-state index contributed by atoms with van der Waals surface area (Å²) in [6.45, 7) is 3.92. The van der Waals surface area contributed by atoms with E-state index >= 15 is 0 Å². The van der Waals surface area contributed by atoms with Crippen LogP contribution in [0.4, 0.5) is 11.8 Å². The number of hydrogen-bond donors (Lipinski definition) is 1. The molecule has 0 saturated carbocycles. The third kappa shape index (κ3) is 3.62. The van der Waals surface area contributed by atoms with E-state index in [4.69, 9.17) is 9.47 Å². The van der Waals surface area contributed by atoms with Crippen LogP contribution in [0.15, 0.2) is 30.6 Å². The summed E-state index contributed by atoms with van der Waals surface area (Å²) in [4.78, 5) is 15.1. The van der Waals surface area contributed by atoms with E-state index < -0.39 is 0 Å². The average molecular weight is 301 g/mol. The van der Waals surface area contributed by atoms with Crippen LogP contribution in [0, 0.1) is 0 Å². The second-order valence-corrected chi connectivity index (χ2v) is 4.90. The lowest BCUT2D eigenvalue weighted by molar-refractivity contribution is 0.122. The predicted octanol–water partition coefficient (Wildman–Crippen LogP) is 1.33. The zero-order valence-electron chi connectivity index (χ0n) is 12.5. The number of anilines is 2. The number of nitrogens with zero attached hydrogens (tertiary/aromatic N) is 4. The van der Waals surface area contributed by atoms with Crippen LogP contribution in [0.2, 0.25) is 0 Å². The van der Waals surface area contributed by atoms with E-state index in [1.54, 1.807) is 19.4 Å². The first-order valence-electron chi connectivity index (χ1n) is 7.24. The summed E-state index contributed by atoms with van der Waals surface area (Å²) in [7, 11) is 1.58. The first-order chi connectivity index (χ1) is 10.8. The molecule has 1 N–H and O–H groups in total. The van der Waals surface area contributed by atoms with Crippen LogP contribution in [0.5, 0.6) is 5.88 Å². The van der Waals surface area contributed by atoms with E-state index in [0.717, 1.165) is 37.7 Å². The zero-order valence-corrected chi connectivity index (χ0v) is 12.5. The summed E-state index contributed by atoms with van der Waals surface area (Å²) in [5.41, 5.74) is 1.07. The SMILES string of the molecule is COc1ccnc(NCc2ccc(N3CCOCC3)nc2)n1. The molecule has 0 amide bonds. The highest BCUT2D eigenvalue weighted by Gasteiger charge is 2.11. The van der Waals surface area contributed by atoms with Crippen LogP contribution in [0.3, 0.4) is 0 Å². The summed E-state index contributed by atoms with van der Waals surface area (Å²) < 4.78 is 10.4. The fourth-order valence-electron chi connectivity index (χ4n) is 2.22. The number of morpholine rings is 1. The van der Waals surface area contributed by atoms with Gasteiger partial charge in [-0.2, -0.15) is 4.98 Å². The summed E-state index contributed by atoms with van der Waals surface area (Å²) in [5.74, 6) is 2.07. The van der Waals surface area contributed by atoms with Crippen molar-refractivity contribution in [3.63, 3.8) is 0 Å². The Hall–Kier alpha value is -2.41. The lowest BCUT2D eigenvalue weighted by Crippen LogP contribution is -2.36. The summed E-state index contributed by atoms with van der Waals surface area (Å²) >= 11 is 0. The fraction of sp³-hybridized carbons (Fsp3) is 0.400. The molecule has 1 aliphatic rings. The number of pyridine rings is 1. The summed E-state index contributed by atoms with van der Waals surface area (Å²) in [6.07, 6.45) is 3.53. The number of methoxy groups -OCH3 is 1. The minimum Gasteiger partial charge on any atom is -0.481 e. The minimum atomic E-state index is 0.539. The molecule has 0 bridgehead atoms. The molecule has 0 radical (unpaired) electrons. The van der Waals surface area contributed by atoms with Gasteiger partial charge in [0, 0.05) is 38.1 Å². The highest BCUT2D eigenvalue weighted by molar-refractivity contribution is 5.40. The Morgan fingerprint density at radius 3 is 2.82 bits per heavy atom. The molecule has 3 rings (SSSR count). The van der Waals surface area contributed by atoms with E-state index in [9.17, 15) is 0 Å². The van der Waals surface area contributed by atoms with Crippen molar-refractivity contribution in [1.82, 2.24) is 15.0 Å². The van der Waals surface area contributed by atoms with Crippen molar-refractivity contribution >= 4 is 11.8 Å². The highest BCUT2D eigenvalue weighted by atomic mass is 16.5. The van der Waals surface area contributed by atoms with Gasteiger partial charge < -0.3 is 19.7 Å². The molecule has 2 aromatic rings. The highest BCUT2D eigenvalue weighted by Crippen LogP contribution is 2.14. The number of ether oxygens (including phenoxy) is 2. The smallest absolute Gasteiger partial charge is 0.226 e. The average Bonchev–Trinajstić information content (AvgIpc) is 2.61. The van der Waals surface area contributed by atoms with Crippen LogP contribution >= 0.6 is 0 Å². The molecular formula is C15H19N5O2. The van der Waals surface area contributed by atoms with E-state index in [0.29, 0.717) is 18.4 Å². The monoisotopic (exact) mass is 301 g/mol. The molecule has 1 saturated heterocycles. The molecule has 116 valence electrons. The molecule has 22 heavy (non-hydrogen) atoms. The Bertz CT molecular complexity index is 599. The van der Waals surface area contributed by atoms with E-state index in [2.05, 4.69) is 31.2 Å². The van der Waals surface area contributed by atoms with Crippen LogP contribution in [-0.2, 0) is 11.3 Å². The van der Waals surface area contributed by atoms with E-state index in [1.165, 1.54) is 0 Å². The van der Waals surface area contributed by atoms with Gasteiger partial charge in [0.1, 0.15) is 5.82 Å². The molecule has 0 aliphatic carbocycles. The molecule has 7 heteroatoms. The minimum absolute atomic E-state index is 0.539. The largest absolute Gasteiger partial charge is 0.481 e. The molecule has 0 unspecified atom stereocenters. The van der Waals surface area contributed by atoms with Crippen LogP contribution in [0.1, 0.15) is 5.56 Å². The number of aromatic nitrogens is 3. The number of nitrogens with one attached hydrogen (secondary N) is 1. The van der Waals surface area contributed by atoms with Gasteiger partial charge in [0.2, 0.25) is 11.8 Å². The van der Waals surface area contributed by atoms with Gasteiger partial charge in [0.15, 0.2) is 0 Å². The van der Waals surface area contributed by atoms with Gasteiger partial charge in [0.25, 0.3) is 0 Å². The predicted molar refractivity (Wildman–Crippen MR) is 83.2 cm³/mol. The van der Waals surface area contributed by atoms with Crippen LogP contribution < -0.4 is 15.0 Å². The van der Waals surface area contributed by atoms with Gasteiger partial charge in [-0.25, -0.2) is 9.97 Å². The lowest BCUT2D eigenvalue weighted by Gasteiger charge is -2.27. The van der Waals surface area contributed by atoms with Gasteiger partial charge in [0.05, 0.1) is 20.3 Å². The van der Waals surface area contributed by atoms with Crippen molar-refractivity contribution in [3.8, 4) is 5.88 Å². The Morgan fingerprint density at radius 1 is 1.23 bits per heavy atom. The van der Waals surface area contributed by atoms with Gasteiger partial charge in [-0.1, -0.05) is 6.07 Å². The summed E-state index contributed by atoms with van der Waals surface area (Å²) in [5, 5.41) is 3.16. The van der Waals surface area contributed by atoms with Gasteiger partial charge >= 0.3 is 0 Å². The molecule has 1 aliphatic heterocycles. The second-order valence-electron chi connectivity index (χ2n) is 4.90. The van der Waals surface area contributed by atoms with Crippen molar-refractivity contribution in [2.24, 2.45) is 0 Å². The molecule has 0 spiro atoms. The Kier molecular flexibility index (Phi) is 4.65. The third-order valence-corrected chi connectivity index (χ3v) is 3.43. The fourth-order valence-corrected chi connectivity index (χ4v) is 2.22. The molecule has 3 heterocycles. The topological polar surface area (TPSA) is 72.4 Å². The number of rotatable bonds is 5. The first-order valence-corrected chi connectivity index (χ1v) is 7.24. The normalized spacial score (nSPS) is 14.7. The van der Waals surface area contributed by atoms with Crippen molar-refractivity contribution < 1.29 is 9.47 Å². The van der Waals surface area contributed by atoms with Crippen molar-refractivity contribution in [3.05, 3.63) is 36.2 Å². The molecule has 2 aromatic heterocycles. The Morgan fingerprint density at radius 2 is 2.09 bits per heavy atom. The number of hydrogen-bond acceptors (Lipinski definition) is 7. The second kappa shape index (κ2) is 7.04.